The van der Waals surface area contributed by atoms with Crippen LogP contribution in [0.25, 0.3) is 0 Å². The highest BCUT2D eigenvalue weighted by molar-refractivity contribution is 7.98. The predicted octanol–water partition coefficient (Wildman–Crippen LogP) is 4.38. The Morgan fingerprint density at radius 1 is 1.07 bits per heavy atom. The van der Waals surface area contributed by atoms with Gasteiger partial charge in [0.15, 0.2) is 5.78 Å². The van der Waals surface area contributed by atoms with Gasteiger partial charge in [-0.2, -0.15) is 0 Å². The first-order chi connectivity index (χ1) is 12.9. The topological polar surface area (TPSA) is 76.1 Å². The zero-order valence-corrected chi connectivity index (χ0v) is 16.3. The number of carbonyl (C=O) groups is 1. The van der Waals surface area contributed by atoms with E-state index in [0.717, 1.165) is 16.2 Å². The first-order valence-corrected chi connectivity index (χ1v) is 10.7. The highest BCUT2D eigenvalue weighted by atomic mass is 32.2. The third-order valence-electron chi connectivity index (χ3n) is 3.79. The van der Waals surface area contributed by atoms with Crippen LogP contribution in [0.4, 0.5) is 5.69 Å². The van der Waals surface area contributed by atoms with Gasteiger partial charge in [0.05, 0.1) is 4.90 Å². The Morgan fingerprint density at radius 2 is 1.85 bits per heavy atom. The van der Waals surface area contributed by atoms with Crippen LogP contribution >= 0.6 is 11.8 Å². The van der Waals surface area contributed by atoms with Crippen molar-refractivity contribution in [2.24, 2.45) is 0 Å². The minimum Gasteiger partial charge on any atom is -0.295 e. The van der Waals surface area contributed by atoms with Gasteiger partial charge in [-0.05, 0) is 55.0 Å². The summed E-state index contributed by atoms with van der Waals surface area (Å²) in [4.78, 5) is 16.6. The molecule has 0 aliphatic carbocycles. The number of aromatic nitrogens is 1. The van der Waals surface area contributed by atoms with Crippen LogP contribution in [0.15, 0.2) is 82.8 Å². The number of pyridine rings is 1. The van der Waals surface area contributed by atoms with Crippen LogP contribution in [0.5, 0.6) is 0 Å². The molecule has 1 heterocycles. The average Bonchev–Trinajstić information content (AvgIpc) is 2.68. The summed E-state index contributed by atoms with van der Waals surface area (Å²) in [6, 6.07) is 17.1. The van der Waals surface area contributed by atoms with Gasteiger partial charge < -0.3 is 0 Å². The Balaban J connectivity index is 1.68. The molecule has 3 aromatic rings. The second-order valence-electron chi connectivity index (χ2n) is 5.86. The van der Waals surface area contributed by atoms with Crippen molar-refractivity contribution < 1.29 is 13.2 Å². The Bertz CT molecular complexity index is 1030. The predicted molar refractivity (Wildman–Crippen MR) is 107 cm³/mol. The van der Waals surface area contributed by atoms with Crippen LogP contribution in [0.3, 0.4) is 0 Å². The Kier molecular flexibility index (Phi) is 5.93. The molecule has 5 nitrogen and oxygen atoms in total. The van der Waals surface area contributed by atoms with Crippen molar-refractivity contribution >= 4 is 33.3 Å². The summed E-state index contributed by atoms with van der Waals surface area (Å²) in [7, 11) is -3.75. The highest BCUT2D eigenvalue weighted by Gasteiger charge is 2.15. The lowest BCUT2D eigenvalue weighted by Gasteiger charge is -2.09. The fourth-order valence-corrected chi connectivity index (χ4v) is 4.30. The molecule has 1 aromatic heterocycles. The molecule has 0 unspecified atom stereocenters. The summed E-state index contributed by atoms with van der Waals surface area (Å²) < 4.78 is 27.6. The van der Waals surface area contributed by atoms with Gasteiger partial charge in [-0.3, -0.25) is 14.5 Å². The lowest BCUT2D eigenvalue weighted by atomic mass is 10.2. The fraction of sp³-hybridized carbons (Fsp3) is 0.100. The van der Waals surface area contributed by atoms with E-state index in [1.165, 1.54) is 19.1 Å². The van der Waals surface area contributed by atoms with Gasteiger partial charge in [-0.1, -0.05) is 18.2 Å². The minimum atomic E-state index is -3.75. The summed E-state index contributed by atoms with van der Waals surface area (Å²) in [5.41, 5.74) is 1.95. The van der Waals surface area contributed by atoms with Gasteiger partial charge in [-0.15, -0.1) is 11.8 Å². The van der Waals surface area contributed by atoms with Gasteiger partial charge in [0, 0.05) is 34.3 Å². The molecule has 0 saturated heterocycles. The van der Waals surface area contributed by atoms with Crippen molar-refractivity contribution in [2.45, 2.75) is 22.5 Å². The van der Waals surface area contributed by atoms with E-state index in [4.69, 9.17) is 0 Å². The lowest BCUT2D eigenvalue weighted by molar-refractivity contribution is 0.101. The first kappa shape index (κ1) is 19.1. The maximum absolute atomic E-state index is 12.5. The van der Waals surface area contributed by atoms with Crippen LogP contribution in [-0.4, -0.2) is 19.2 Å². The van der Waals surface area contributed by atoms with E-state index >= 15 is 0 Å². The standard InChI is InChI=1S/C20H18N2O3S2/c1-15(23)17-5-2-6-20(12-17)27(24,25)22-18-7-9-19(10-8-18)26-14-16-4-3-11-21-13-16/h2-13,22H,14H2,1H3. The third-order valence-corrected chi connectivity index (χ3v) is 6.25. The molecule has 0 bridgehead atoms. The quantitative estimate of drug-likeness (QED) is 0.472. The van der Waals surface area contributed by atoms with E-state index in [1.54, 1.807) is 42.2 Å². The van der Waals surface area contributed by atoms with Crippen molar-refractivity contribution in [2.75, 3.05) is 4.72 Å². The van der Waals surface area contributed by atoms with Crippen molar-refractivity contribution in [3.63, 3.8) is 0 Å². The van der Waals surface area contributed by atoms with E-state index in [2.05, 4.69) is 9.71 Å². The van der Waals surface area contributed by atoms with Crippen molar-refractivity contribution in [3.8, 4) is 0 Å². The second-order valence-corrected chi connectivity index (χ2v) is 8.59. The number of rotatable bonds is 7. The third kappa shape index (κ3) is 5.18. The molecule has 0 aliphatic heterocycles. The van der Waals surface area contributed by atoms with Gasteiger partial charge in [0.1, 0.15) is 0 Å². The van der Waals surface area contributed by atoms with E-state index in [-0.39, 0.29) is 10.7 Å². The number of ketones is 1. The Morgan fingerprint density at radius 3 is 2.52 bits per heavy atom. The summed E-state index contributed by atoms with van der Waals surface area (Å²) in [6.45, 7) is 1.40. The number of carbonyl (C=O) groups excluding carboxylic acids is 1. The van der Waals surface area contributed by atoms with Crippen molar-refractivity contribution in [3.05, 3.63) is 84.2 Å². The highest BCUT2D eigenvalue weighted by Crippen LogP contribution is 2.25. The maximum Gasteiger partial charge on any atom is 0.261 e. The molecule has 0 saturated carbocycles. The van der Waals surface area contributed by atoms with E-state index in [0.29, 0.717) is 11.3 Å². The summed E-state index contributed by atoms with van der Waals surface area (Å²) in [5.74, 6) is 0.610. The molecule has 0 atom stereocenters. The lowest BCUT2D eigenvalue weighted by Crippen LogP contribution is -2.13. The molecular formula is C20H18N2O3S2. The number of thioether (sulfide) groups is 1. The normalized spacial score (nSPS) is 11.1. The smallest absolute Gasteiger partial charge is 0.261 e. The molecule has 3 rings (SSSR count). The van der Waals surface area contributed by atoms with Gasteiger partial charge in [-0.25, -0.2) is 8.42 Å². The molecule has 1 N–H and O–H groups in total. The van der Waals surface area contributed by atoms with Crippen LogP contribution in [-0.2, 0) is 15.8 Å². The number of hydrogen-bond donors (Lipinski definition) is 1. The largest absolute Gasteiger partial charge is 0.295 e. The number of hydrogen-bond acceptors (Lipinski definition) is 5. The number of Topliss-reactive ketones (excluding diaryl/α,β-unsaturated/α-hetero) is 1. The monoisotopic (exact) mass is 398 g/mol. The molecule has 0 radical (unpaired) electrons. The van der Waals surface area contributed by atoms with Crippen molar-refractivity contribution in [1.29, 1.82) is 0 Å². The summed E-state index contributed by atoms with van der Waals surface area (Å²) in [6.07, 6.45) is 3.56. The molecule has 0 spiro atoms. The number of sulfonamides is 1. The van der Waals surface area contributed by atoms with Crippen LogP contribution in [0, 0.1) is 0 Å². The molecule has 0 aliphatic rings. The van der Waals surface area contributed by atoms with Crippen LogP contribution < -0.4 is 4.72 Å². The van der Waals surface area contributed by atoms with Gasteiger partial charge in [0.2, 0.25) is 0 Å². The Hall–Kier alpha value is -2.64. The molecule has 27 heavy (non-hydrogen) atoms. The maximum atomic E-state index is 12.5. The van der Waals surface area contributed by atoms with Crippen molar-refractivity contribution in [1.82, 2.24) is 4.98 Å². The zero-order valence-electron chi connectivity index (χ0n) is 14.6. The first-order valence-electron chi connectivity index (χ1n) is 8.20. The van der Waals surface area contributed by atoms with Crippen LogP contribution in [0.1, 0.15) is 22.8 Å². The second kappa shape index (κ2) is 8.37. The number of nitrogens with zero attached hydrogens (tertiary/aromatic N) is 1. The minimum absolute atomic E-state index is 0.0604. The summed E-state index contributed by atoms with van der Waals surface area (Å²) >= 11 is 1.65. The van der Waals surface area contributed by atoms with Gasteiger partial charge >= 0.3 is 0 Å². The fourth-order valence-electron chi connectivity index (χ4n) is 2.37. The molecule has 2 aromatic carbocycles. The number of nitrogens with one attached hydrogen (secondary N) is 1. The SMILES string of the molecule is CC(=O)c1cccc(S(=O)(=O)Nc2ccc(SCc3cccnc3)cc2)c1. The van der Waals surface area contributed by atoms with E-state index < -0.39 is 10.0 Å². The zero-order chi connectivity index (χ0) is 19.3. The van der Waals surface area contributed by atoms with E-state index in [1.807, 2.05) is 30.5 Å². The van der Waals surface area contributed by atoms with Crippen LogP contribution in [0.2, 0.25) is 0 Å². The van der Waals surface area contributed by atoms with E-state index in [9.17, 15) is 13.2 Å². The number of benzene rings is 2. The average molecular weight is 399 g/mol. The molecule has 0 amide bonds. The molecule has 138 valence electrons. The molecule has 0 fully saturated rings. The molecule has 7 heteroatoms. The Labute approximate surface area is 162 Å². The van der Waals surface area contributed by atoms with Gasteiger partial charge in [0.25, 0.3) is 10.0 Å². The number of anilines is 1. The molecular weight excluding hydrogens is 380 g/mol. The summed E-state index contributed by atoms with van der Waals surface area (Å²) in [5, 5.41) is 0.